The summed E-state index contributed by atoms with van der Waals surface area (Å²) in [5.41, 5.74) is 1.31. The predicted octanol–water partition coefficient (Wildman–Crippen LogP) is 3.62. The van der Waals surface area contributed by atoms with Crippen molar-refractivity contribution >= 4 is 28.3 Å². The Kier molecular flexibility index (Phi) is 5.96. The lowest BCUT2D eigenvalue weighted by atomic mass is 9.85. The van der Waals surface area contributed by atoms with E-state index in [1.807, 2.05) is 60.7 Å². The van der Waals surface area contributed by atoms with Gasteiger partial charge < -0.3 is 15.3 Å². The van der Waals surface area contributed by atoms with Crippen LogP contribution in [0.5, 0.6) is 0 Å². The minimum Gasteiger partial charge on any atom is -0.478 e. The van der Waals surface area contributed by atoms with Crippen molar-refractivity contribution in [3.63, 3.8) is 0 Å². The van der Waals surface area contributed by atoms with Crippen LogP contribution in [0, 0.1) is 0 Å². The van der Waals surface area contributed by atoms with Crippen LogP contribution in [0.15, 0.2) is 89.7 Å². The zero-order valence-electron chi connectivity index (χ0n) is 20.8. The number of carbonyl (C=O) groups is 2. The standard InChI is InChI=1S/C30H28N4O4/c35-27-24-14-8-7-13-23(24)26(28(36)37)25(34(27)22-11-5-2-6-12-22)19-32-17-15-30(16-18-32)29(38)31-20-33(30)21-9-3-1-4-10-21/h1-14H,15-20H2,(H,31,38)(H,36,37). The average molecular weight is 509 g/mol. The summed E-state index contributed by atoms with van der Waals surface area (Å²) in [6, 6.07) is 26.0. The van der Waals surface area contributed by atoms with Gasteiger partial charge in [-0.3, -0.25) is 19.1 Å². The van der Waals surface area contributed by atoms with Crippen LogP contribution < -0.4 is 15.8 Å². The second-order valence-electron chi connectivity index (χ2n) is 9.88. The van der Waals surface area contributed by atoms with Crippen LogP contribution in [0.3, 0.4) is 0 Å². The van der Waals surface area contributed by atoms with Crippen molar-refractivity contribution in [2.45, 2.75) is 24.9 Å². The monoisotopic (exact) mass is 508 g/mol. The van der Waals surface area contributed by atoms with Crippen LogP contribution >= 0.6 is 0 Å². The van der Waals surface area contributed by atoms with Gasteiger partial charge in [-0.15, -0.1) is 0 Å². The van der Waals surface area contributed by atoms with Crippen molar-refractivity contribution in [3.8, 4) is 5.69 Å². The number of likely N-dealkylation sites (tertiary alicyclic amines) is 1. The van der Waals surface area contributed by atoms with Gasteiger partial charge in [0.25, 0.3) is 5.56 Å². The summed E-state index contributed by atoms with van der Waals surface area (Å²) in [5.74, 6) is -1.04. The topological polar surface area (TPSA) is 94.9 Å². The molecular weight excluding hydrogens is 480 g/mol. The summed E-state index contributed by atoms with van der Waals surface area (Å²) in [6.07, 6.45) is 1.19. The summed E-state index contributed by atoms with van der Waals surface area (Å²) >= 11 is 0. The number of anilines is 1. The smallest absolute Gasteiger partial charge is 0.338 e. The zero-order chi connectivity index (χ0) is 26.3. The average Bonchev–Trinajstić information content (AvgIpc) is 3.26. The Hall–Kier alpha value is -4.43. The van der Waals surface area contributed by atoms with E-state index in [1.165, 1.54) is 4.57 Å². The number of fused-ring (bicyclic) bond motifs is 1. The Morgan fingerprint density at radius 2 is 1.39 bits per heavy atom. The van der Waals surface area contributed by atoms with Crippen LogP contribution in [0.1, 0.15) is 28.9 Å². The number of carboxylic acid groups (broad SMARTS) is 1. The highest BCUT2D eigenvalue weighted by atomic mass is 16.4. The fourth-order valence-electron chi connectivity index (χ4n) is 5.96. The number of aromatic nitrogens is 1. The van der Waals surface area contributed by atoms with Gasteiger partial charge in [0.2, 0.25) is 5.91 Å². The summed E-state index contributed by atoms with van der Waals surface area (Å²) in [6.45, 7) is 1.92. The van der Waals surface area contributed by atoms with E-state index >= 15 is 0 Å². The van der Waals surface area contributed by atoms with E-state index in [9.17, 15) is 19.5 Å². The molecule has 6 rings (SSSR count). The number of hydrogen-bond donors (Lipinski definition) is 2. The number of benzene rings is 3. The number of hydrogen-bond acceptors (Lipinski definition) is 5. The molecule has 0 bridgehead atoms. The maximum absolute atomic E-state index is 13.7. The van der Waals surface area contributed by atoms with Gasteiger partial charge >= 0.3 is 5.97 Å². The van der Waals surface area contributed by atoms with Gasteiger partial charge in [-0.25, -0.2) is 4.79 Å². The molecule has 0 saturated carbocycles. The third-order valence-electron chi connectivity index (χ3n) is 7.88. The molecule has 2 aliphatic rings. The van der Waals surface area contributed by atoms with E-state index in [0.29, 0.717) is 54.8 Å². The molecule has 1 spiro atoms. The number of carboxylic acids is 1. The van der Waals surface area contributed by atoms with Gasteiger partial charge in [-0.1, -0.05) is 54.6 Å². The molecule has 2 fully saturated rings. The highest BCUT2D eigenvalue weighted by molar-refractivity contribution is 6.04. The van der Waals surface area contributed by atoms with Crippen LogP contribution in [0.25, 0.3) is 16.5 Å². The van der Waals surface area contributed by atoms with E-state index in [4.69, 9.17) is 0 Å². The van der Waals surface area contributed by atoms with E-state index in [1.54, 1.807) is 24.3 Å². The first-order chi connectivity index (χ1) is 18.5. The molecule has 8 heteroatoms. The molecule has 2 N–H and O–H groups in total. The number of nitrogens with one attached hydrogen (secondary N) is 1. The molecule has 2 aliphatic heterocycles. The maximum atomic E-state index is 13.7. The molecule has 0 radical (unpaired) electrons. The number of piperidine rings is 1. The largest absolute Gasteiger partial charge is 0.478 e. The van der Waals surface area contributed by atoms with E-state index in [2.05, 4.69) is 15.1 Å². The van der Waals surface area contributed by atoms with Crippen molar-refractivity contribution < 1.29 is 14.7 Å². The van der Waals surface area contributed by atoms with Crippen molar-refractivity contribution in [3.05, 3.63) is 107 Å². The number of aromatic carboxylic acids is 1. The van der Waals surface area contributed by atoms with Crippen LogP contribution in [0.4, 0.5) is 5.69 Å². The molecule has 3 aromatic carbocycles. The molecule has 0 unspecified atom stereocenters. The number of carbonyl (C=O) groups excluding carboxylic acids is 1. The number of amides is 1. The van der Waals surface area contributed by atoms with Gasteiger partial charge in [0.15, 0.2) is 0 Å². The Balaban J connectivity index is 1.38. The molecule has 2 saturated heterocycles. The van der Waals surface area contributed by atoms with Crippen LogP contribution in [-0.4, -0.2) is 51.7 Å². The fraction of sp³-hybridized carbons (Fsp3) is 0.233. The Morgan fingerprint density at radius 1 is 0.816 bits per heavy atom. The summed E-state index contributed by atoms with van der Waals surface area (Å²) in [4.78, 5) is 43.7. The Morgan fingerprint density at radius 3 is 2.03 bits per heavy atom. The van der Waals surface area contributed by atoms with Gasteiger partial charge in [0.05, 0.1) is 17.9 Å². The second kappa shape index (κ2) is 9.46. The first kappa shape index (κ1) is 23.9. The van der Waals surface area contributed by atoms with Gasteiger partial charge in [0.1, 0.15) is 5.54 Å². The first-order valence-corrected chi connectivity index (χ1v) is 12.8. The molecule has 38 heavy (non-hydrogen) atoms. The third-order valence-corrected chi connectivity index (χ3v) is 7.88. The van der Waals surface area contributed by atoms with Crippen molar-refractivity contribution in [2.75, 3.05) is 24.7 Å². The fourth-order valence-corrected chi connectivity index (χ4v) is 5.96. The summed E-state index contributed by atoms with van der Waals surface area (Å²) < 4.78 is 1.54. The number of para-hydroxylation sites is 2. The molecule has 1 amide bonds. The molecule has 192 valence electrons. The number of rotatable bonds is 5. The molecule has 0 aliphatic carbocycles. The van der Waals surface area contributed by atoms with E-state index < -0.39 is 11.5 Å². The van der Waals surface area contributed by atoms with Crippen LogP contribution in [0.2, 0.25) is 0 Å². The predicted molar refractivity (Wildman–Crippen MR) is 146 cm³/mol. The Bertz CT molecular complexity index is 1570. The van der Waals surface area contributed by atoms with Gasteiger partial charge in [-0.05, 0) is 43.2 Å². The highest BCUT2D eigenvalue weighted by Gasteiger charge is 2.50. The van der Waals surface area contributed by atoms with Crippen molar-refractivity contribution in [1.29, 1.82) is 0 Å². The molecule has 4 aromatic rings. The molecule has 8 nitrogen and oxygen atoms in total. The number of nitrogens with zero attached hydrogens (tertiary/aromatic N) is 3. The lowest BCUT2D eigenvalue weighted by Gasteiger charge is -2.43. The highest BCUT2D eigenvalue weighted by Crippen LogP contribution is 2.37. The van der Waals surface area contributed by atoms with E-state index in [0.717, 1.165) is 5.69 Å². The second-order valence-corrected chi connectivity index (χ2v) is 9.88. The summed E-state index contributed by atoms with van der Waals surface area (Å²) in [7, 11) is 0. The SMILES string of the molecule is O=C(O)c1c(CN2CCC3(CC2)C(=O)NCN3c2ccccc2)n(-c2ccccc2)c(=O)c2ccccc12. The van der Waals surface area contributed by atoms with Gasteiger partial charge in [-0.2, -0.15) is 0 Å². The van der Waals surface area contributed by atoms with Crippen LogP contribution in [-0.2, 0) is 11.3 Å². The maximum Gasteiger partial charge on any atom is 0.338 e. The first-order valence-electron chi connectivity index (χ1n) is 12.8. The summed E-state index contributed by atoms with van der Waals surface area (Å²) in [5, 5.41) is 14.2. The minimum atomic E-state index is -1.07. The molecular formula is C30H28N4O4. The normalized spacial score (nSPS) is 17.2. The Labute approximate surface area is 219 Å². The molecule has 0 atom stereocenters. The third kappa shape index (κ3) is 3.85. The van der Waals surface area contributed by atoms with Crippen molar-refractivity contribution in [2.24, 2.45) is 0 Å². The number of pyridine rings is 1. The minimum absolute atomic E-state index is 0.0270. The molecule has 3 heterocycles. The lowest BCUT2D eigenvalue weighted by molar-refractivity contribution is -0.125. The lowest BCUT2D eigenvalue weighted by Crippen LogP contribution is -2.56. The van der Waals surface area contributed by atoms with Crippen molar-refractivity contribution in [1.82, 2.24) is 14.8 Å². The van der Waals surface area contributed by atoms with Gasteiger partial charge in [0, 0.05) is 41.8 Å². The quantitative estimate of drug-likeness (QED) is 0.428. The zero-order valence-corrected chi connectivity index (χ0v) is 20.8. The van der Waals surface area contributed by atoms with E-state index in [-0.39, 0.29) is 23.6 Å². The molecule has 1 aromatic heterocycles.